The SMILES string of the molecule is CCCc1cc(N2CCN(C(=O)Cc3ccc(OC)cc3Cl)CC2)nc2nncn12. The van der Waals surface area contributed by atoms with Gasteiger partial charge in [-0.05, 0) is 24.1 Å². The first kappa shape index (κ1) is 20.4. The fourth-order valence-corrected chi connectivity index (χ4v) is 3.97. The minimum Gasteiger partial charge on any atom is -0.497 e. The van der Waals surface area contributed by atoms with Crippen molar-refractivity contribution in [2.24, 2.45) is 0 Å². The molecule has 2 aromatic heterocycles. The number of piperazine rings is 1. The number of carbonyl (C=O) groups excluding carboxylic acids is 1. The highest BCUT2D eigenvalue weighted by atomic mass is 35.5. The zero-order valence-corrected chi connectivity index (χ0v) is 18.0. The van der Waals surface area contributed by atoms with E-state index in [1.807, 2.05) is 21.4 Å². The first-order valence-corrected chi connectivity index (χ1v) is 10.5. The molecule has 1 fully saturated rings. The third-order valence-corrected chi connectivity index (χ3v) is 5.77. The molecule has 1 aliphatic heterocycles. The maximum Gasteiger partial charge on any atom is 0.256 e. The lowest BCUT2D eigenvalue weighted by Crippen LogP contribution is -2.49. The average Bonchev–Trinajstić information content (AvgIpc) is 3.24. The lowest BCUT2D eigenvalue weighted by atomic mass is 10.1. The number of methoxy groups -OCH3 is 1. The van der Waals surface area contributed by atoms with Gasteiger partial charge < -0.3 is 14.5 Å². The Hall–Kier alpha value is -2.87. The molecule has 0 atom stereocenters. The van der Waals surface area contributed by atoms with Gasteiger partial charge in [0.15, 0.2) is 0 Å². The molecule has 3 aromatic rings. The summed E-state index contributed by atoms with van der Waals surface area (Å²) >= 11 is 6.29. The Labute approximate surface area is 180 Å². The fraction of sp³-hybridized carbons (Fsp3) is 0.429. The van der Waals surface area contributed by atoms with E-state index in [4.69, 9.17) is 16.3 Å². The molecule has 0 saturated carbocycles. The normalized spacial score (nSPS) is 14.4. The number of halogens is 1. The number of aromatic nitrogens is 4. The highest BCUT2D eigenvalue weighted by Gasteiger charge is 2.23. The second kappa shape index (κ2) is 8.87. The predicted molar refractivity (Wildman–Crippen MR) is 115 cm³/mol. The first-order chi connectivity index (χ1) is 14.6. The van der Waals surface area contributed by atoms with Crippen LogP contribution < -0.4 is 9.64 Å². The summed E-state index contributed by atoms with van der Waals surface area (Å²) in [5, 5.41) is 8.65. The van der Waals surface area contributed by atoms with Crippen LogP contribution in [-0.2, 0) is 17.6 Å². The highest BCUT2D eigenvalue weighted by molar-refractivity contribution is 6.31. The van der Waals surface area contributed by atoms with Crippen LogP contribution in [0.3, 0.4) is 0 Å². The van der Waals surface area contributed by atoms with Crippen molar-refractivity contribution < 1.29 is 9.53 Å². The molecular formula is C21H25ClN6O2. The van der Waals surface area contributed by atoms with Gasteiger partial charge >= 0.3 is 0 Å². The molecule has 0 unspecified atom stereocenters. The van der Waals surface area contributed by atoms with E-state index in [0.29, 0.717) is 29.6 Å². The van der Waals surface area contributed by atoms with Crippen molar-refractivity contribution in [2.75, 3.05) is 38.2 Å². The van der Waals surface area contributed by atoms with Crippen LogP contribution >= 0.6 is 11.6 Å². The van der Waals surface area contributed by atoms with Crippen LogP contribution in [0, 0.1) is 0 Å². The number of ether oxygens (including phenoxy) is 1. The summed E-state index contributed by atoms with van der Waals surface area (Å²) in [6.07, 6.45) is 3.96. The van der Waals surface area contributed by atoms with E-state index >= 15 is 0 Å². The van der Waals surface area contributed by atoms with Gasteiger partial charge in [-0.25, -0.2) is 0 Å². The van der Waals surface area contributed by atoms with Crippen LogP contribution in [0.2, 0.25) is 5.02 Å². The maximum absolute atomic E-state index is 12.8. The third-order valence-electron chi connectivity index (χ3n) is 5.41. The van der Waals surface area contributed by atoms with Crippen molar-refractivity contribution in [3.8, 4) is 5.75 Å². The molecule has 1 amide bonds. The molecule has 0 bridgehead atoms. The average molecular weight is 429 g/mol. The molecule has 158 valence electrons. The van der Waals surface area contributed by atoms with Crippen molar-refractivity contribution in [1.29, 1.82) is 0 Å². The molecule has 3 heterocycles. The van der Waals surface area contributed by atoms with Gasteiger partial charge in [0.1, 0.15) is 17.9 Å². The number of rotatable bonds is 6. The van der Waals surface area contributed by atoms with Crippen molar-refractivity contribution in [3.05, 3.63) is 46.9 Å². The first-order valence-electron chi connectivity index (χ1n) is 10.1. The maximum atomic E-state index is 12.8. The zero-order chi connectivity index (χ0) is 21.1. The van der Waals surface area contributed by atoms with Gasteiger partial charge in [-0.3, -0.25) is 9.20 Å². The lowest BCUT2D eigenvalue weighted by molar-refractivity contribution is -0.130. The Bertz CT molecular complexity index is 1050. The molecular weight excluding hydrogens is 404 g/mol. The Kier molecular flexibility index (Phi) is 6.03. The summed E-state index contributed by atoms with van der Waals surface area (Å²) in [4.78, 5) is 21.5. The molecule has 9 heteroatoms. The van der Waals surface area contributed by atoms with E-state index in [-0.39, 0.29) is 12.3 Å². The molecule has 0 spiro atoms. The van der Waals surface area contributed by atoms with Crippen LogP contribution in [-0.4, -0.2) is 63.7 Å². The second-order valence-corrected chi connectivity index (χ2v) is 7.77. The van der Waals surface area contributed by atoms with Crippen LogP contribution in [0.4, 0.5) is 5.82 Å². The van der Waals surface area contributed by atoms with E-state index in [2.05, 4.69) is 33.1 Å². The van der Waals surface area contributed by atoms with Crippen molar-refractivity contribution in [3.63, 3.8) is 0 Å². The third kappa shape index (κ3) is 4.18. The summed E-state index contributed by atoms with van der Waals surface area (Å²) in [7, 11) is 1.59. The van der Waals surface area contributed by atoms with Gasteiger partial charge in [0.25, 0.3) is 5.78 Å². The monoisotopic (exact) mass is 428 g/mol. The smallest absolute Gasteiger partial charge is 0.256 e. The Balaban J connectivity index is 1.41. The summed E-state index contributed by atoms with van der Waals surface area (Å²) in [6.45, 7) is 4.90. The molecule has 1 aromatic carbocycles. The van der Waals surface area contributed by atoms with Crippen LogP contribution in [0.15, 0.2) is 30.6 Å². The Morgan fingerprint density at radius 1 is 1.20 bits per heavy atom. The lowest BCUT2D eigenvalue weighted by Gasteiger charge is -2.35. The molecule has 0 aliphatic carbocycles. The number of nitrogens with zero attached hydrogens (tertiary/aromatic N) is 6. The van der Waals surface area contributed by atoms with E-state index in [9.17, 15) is 4.79 Å². The van der Waals surface area contributed by atoms with Crippen molar-refractivity contribution in [2.45, 2.75) is 26.2 Å². The van der Waals surface area contributed by atoms with Gasteiger partial charge in [0, 0.05) is 43.0 Å². The summed E-state index contributed by atoms with van der Waals surface area (Å²) in [5.74, 6) is 2.27. The molecule has 1 saturated heterocycles. The molecule has 0 radical (unpaired) electrons. The van der Waals surface area contributed by atoms with Crippen LogP contribution in [0.5, 0.6) is 5.75 Å². The van der Waals surface area contributed by atoms with E-state index in [1.54, 1.807) is 19.5 Å². The van der Waals surface area contributed by atoms with Crippen molar-refractivity contribution >= 4 is 29.1 Å². The number of fused-ring (bicyclic) bond motifs is 1. The summed E-state index contributed by atoms with van der Waals surface area (Å²) in [6, 6.07) is 7.52. The number of carbonyl (C=O) groups is 1. The van der Waals surface area contributed by atoms with E-state index in [0.717, 1.165) is 43.0 Å². The van der Waals surface area contributed by atoms with E-state index in [1.165, 1.54) is 0 Å². The topological polar surface area (TPSA) is 75.9 Å². The largest absolute Gasteiger partial charge is 0.497 e. The summed E-state index contributed by atoms with van der Waals surface area (Å²) < 4.78 is 7.11. The molecule has 4 rings (SSSR count). The minimum atomic E-state index is 0.0780. The van der Waals surface area contributed by atoms with Gasteiger partial charge in [-0.15, -0.1) is 10.2 Å². The van der Waals surface area contributed by atoms with E-state index < -0.39 is 0 Å². The number of hydrogen-bond donors (Lipinski definition) is 0. The number of benzene rings is 1. The number of amides is 1. The zero-order valence-electron chi connectivity index (χ0n) is 17.2. The van der Waals surface area contributed by atoms with Crippen LogP contribution in [0.25, 0.3) is 5.78 Å². The molecule has 30 heavy (non-hydrogen) atoms. The van der Waals surface area contributed by atoms with Crippen molar-refractivity contribution in [1.82, 2.24) is 24.5 Å². The van der Waals surface area contributed by atoms with Gasteiger partial charge in [0.05, 0.1) is 13.5 Å². The Morgan fingerprint density at radius 3 is 2.70 bits per heavy atom. The minimum absolute atomic E-state index is 0.0780. The number of hydrogen-bond acceptors (Lipinski definition) is 6. The Morgan fingerprint density at radius 2 is 2.00 bits per heavy atom. The fourth-order valence-electron chi connectivity index (χ4n) is 3.73. The number of aryl methyl sites for hydroxylation is 1. The summed E-state index contributed by atoms with van der Waals surface area (Å²) in [5.41, 5.74) is 1.96. The van der Waals surface area contributed by atoms with Gasteiger partial charge in [0.2, 0.25) is 5.91 Å². The molecule has 0 N–H and O–H groups in total. The quantitative estimate of drug-likeness (QED) is 0.600. The molecule has 1 aliphatic rings. The van der Waals surface area contributed by atoms with Gasteiger partial charge in [-0.2, -0.15) is 4.98 Å². The molecule has 8 nitrogen and oxygen atoms in total. The van der Waals surface area contributed by atoms with Gasteiger partial charge in [-0.1, -0.05) is 31.0 Å². The number of anilines is 1. The standard InChI is InChI=1S/C21H25ClN6O2/c1-3-4-16-12-19(24-21-25-23-14-28(16)21)26-7-9-27(10-8-26)20(29)11-15-5-6-17(30-2)13-18(15)22/h5-6,12-14H,3-4,7-11H2,1-2H3. The van der Waals surface area contributed by atoms with Crippen LogP contribution in [0.1, 0.15) is 24.6 Å². The predicted octanol–water partition coefficient (Wildman–Crippen LogP) is 2.63. The highest BCUT2D eigenvalue weighted by Crippen LogP contribution is 2.24. The second-order valence-electron chi connectivity index (χ2n) is 7.36.